The zero-order valence-corrected chi connectivity index (χ0v) is 16.1. The fourth-order valence-electron chi connectivity index (χ4n) is 2.80. The number of hydrogen-bond donors (Lipinski definition) is 1. The molecule has 28 heavy (non-hydrogen) atoms. The van der Waals surface area contributed by atoms with Gasteiger partial charge in [-0.25, -0.2) is 0 Å². The summed E-state index contributed by atoms with van der Waals surface area (Å²) in [6, 6.07) is 17.7. The molecule has 1 N–H and O–H groups in total. The molecule has 3 rings (SSSR count). The van der Waals surface area contributed by atoms with Gasteiger partial charge in [-0.2, -0.15) is 0 Å². The molecule has 6 nitrogen and oxygen atoms in total. The van der Waals surface area contributed by atoms with Crippen molar-refractivity contribution in [2.75, 3.05) is 6.61 Å². The topological polar surface area (TPSA) is 81.5 Å². The van der Waals surface area contributed by atoms with Crippen LogP contribution in [0.5, 0.6) is 5.75 Å². The molecule has 0 fully saturated rings. The highest BCUT2D eigenvalue weighted by molar-refractivity contribution is 7.10. The van der Waals surface area contributed by atoms with Crippen molar-refractivity contribution in [2.24, 2.45) is 0 Å². The van der Waals surface area contributed by atoms with Crippen LogP contribution < -0.4 is 10.1 Å². The van der Waals surface area contributed by atoms with E-state index in [1.807, 2.05) is 41.8 Å². The Labute approximate surface area is 166 Å². The van der Waals surface area contributed by atoms with E-state index in [0.717, 1.165) is 16.9 Å². The van der Waals surface area contributed by atoms with Crippen molar-refractivity contribution in [1.82, 2.24) is 5.32 Å². The van der Waals surface area contributed by atoms with Crippen LogP contribution >= 0.6 is 11.3 Å². The second-order valence-corrected chi connectivity index (χ2v) is 7.10. The van der Waals surface area contributed by atoms with Gasteiger partial charge in [0.05, 0.1) is 11.0 Å². The first-order valence-electron chi connectivity index (χ1n) is 8.86. The third-order valence-electron chi connectivity index (χ3n) is 4.28. The summed E-state index contributed by atoms with van der Waals surface area (Å²) < 4.78 is 5.40. The zero-order chi connectivity index (χ0) is 19.9. The summed E-state index contributed by atoms with van der Waals surface area (Å²) in [7, 11) is 0. The van der Waals surface area contributed by atoms with Crippen LogP contribution in [0.1, 0.15) is 29.0 Å². The van der Waals surface area contributed by atoms with Gasteiger partial charge in [0, 0.05) is 10.9 Å². The van der Waals surface area contributed by atoms with Crippen molar-refractivity contribution in [2.45, 2.75) is 19.4 Å². The number of para-hydroxylation sites is 2. The largest absolute Gasteiger partial charge is 0.477 e. The number of hydrogen-bond acceptors (Lipinski definition) is 5. The summed E-state index contributed by atoms with van der Waals surface area (Å²) in [5.41, 5.74) is 2.03. The molecule has 0 saturated heterocycles. The highest BCUT2D eigenvalue weighted by atomic mass is 32.1. The van der Waals surface area contributed by atoms with Gasteiger partial charge in [-0.05, 0) is 35.1 Å². The van der Waals surface area contributed by atoms with Crippen molar-refractivity contribution in [3.05, 3.63) is 92.2 Å². The van der Waals surface area contributed by atoms with E-state index in [1.54, 1.807) is 23.5 Å². The second kappa shape index (κ2) is 9.14. The molecule has 144 valence electrons. The van der Waals surface area contributed by atoms with E-state index in [1.165, 1.54) is 17.7 Å². The summed E-state index contributed by atoms with van der Waals surface area (Å²) in [5.74, 6) is -0.279. The number of carbonyl (C=O) groups is 1. The Kier molecular flexibility index (Phi) is 6.39. The van der Waals surface area contributed by atoms with Gasteiger partial charge in [0.1, 0.15) is 0 Å². The minimum Gasteiger partial charge on any atom is -0.477 e. The van der Waals surface area contributed by atoms with E-state index < -0.39 is 4.92 Å². The Morgan fingerprint density at radius 3 is 2.54 bits per heavy atom. The molecular formula is C21H20N2O4S. The molecular weight excluding hydrogens is 376 g/mol. The van der Waals surface area contributed by atoms with Crippen molar-refractivity contribution in [3.8, 4) is 5.75 Å². The van der Waals surface area contributed by atoms with Gasteiger partial charge < -0.3 is 10.1 Å². The fourth-order valence-corrected chi connectivity index (χ4v) is 3.60. The third kappa shape index (κ3) is 4.75. The van der Waals surface area contributed by atoms with Crippen molar-refractivity contribution in [1.29, 1.82) is 0 Å². The van der Waals surface area contributed by atoms with Crippen LogP contribution in [-0.2, 0) is 11.2 Å². The lowest BCUT2D eigenvalue weighted by Gasteiger charge is -2.18. The molecule has 1 aromatic heterocycles. The molecule has 0 radical (unpaired) electrons. The van der Waals surface area contributed by atoms with Crippen molar-refractivity contribution >= 4 is 22.9 Å². The number of carbonyl (C=O) groups excluding carboxylic acids is 1. The third-order valence-corrected chi connectivity index (χ3v) is 5.21. The van der Waals surface area contributed by atoms with Gasteiger partial charge in [0.2, 0.25) is 0 Å². The summed E-state index contributed by atoms with van der Waals surface area (Å²) in [4.78, 5) is 24.0. The van der Waals surface area contributed by atoms with Gasteiger partial charge in [0.25, 0.3) is 5.91 Å². The van der Waals surface area contributed by atoms with Crippen LogP contribution in [0.25, 0.3) is 0 Å². The molecule has 0 saturated carbocycles. The van der Waals surface area contributed by atoms with Gasteiger partial charge in [-0.1, -0.05) is 49.4 Å². The molecule has 0 aliphatic heterocycles. The molecule has 1 heterocycles. The van der Waals surface area contributed by atoms with Gasteiger partial charge in [-0.15, -0.1) is 11.3 Å². The first-order valence-corrected chi connectivity index (χ1v) is 9.74. The van der Waals surface area contributed by atoms with Crippen LogP contribution in [0.4, 0.5) is 5.69 Å². The van der Waals surface area contributed by atoms with E-state index in [-0.39, 0.29) is 30.0 Å². The van der Waals surface area contributed by atoms with Gasteiger partial charge in [0.15, 0.2) is 12.4 Å². The van der Waals surface area contributed by atoms with E-state index in [4.69, 9.17) is 4.74 Å². The number of ether oxygens (including phenoxy) is 1. The predicted molar refractivity (Wildman–Crippen MR) is 109 cm³/mol. The van der Waals surface area contributed by atoms with Crippen LogP contribution in [0.15, 0.2) is 66.0 Å². The first kappa shape index (κ1) is 19.6. The highest BCUT2D eigenvalue weighted by Crippen LogP contribution is 2.27. The number of nitrogens with one attached hydrogen (secondary N) is 1. The van der Waals surface area contributed by atoms with Crippen LogP contribution in [0, 0.1) is 10.1 Å². The molecule has 1 atom stereocenters. The number of nitrogens with zero attached hydrogens (tertiary/aromatic N) is 1. The molecule has 3 aromatic rings. The van der Waals surface area contributed by atoms with Crippen LogP contribution in [-0.4, -0.2) is 17.4 Å². The summed E-state index contributed by atoms with van der Waals surface area (Å²) in [6.07, 6.45) is 0.944. The fraction of sp³-hybridized carbons (Fsp3) is 0.190. The smallest absolute Gasteiger partial charge is 0.310 e. The standard InChI is InChI=1S/C21H20N2O4S/c1-2-15-9-11-16(12-10-15)21(19-8-5-13-28-19)22-20(24)14-27-18-7-4-3-6-17(18)23(25)26/h3-13,21H,2,14H2,1H3,(H,22,24)/t21-/m1/s1. The lowest BCUT2D eigenvalue weighted by Crippen LogP contribution is -2.33. The molecule has 7 heteroatoms. The molecule has 0 aliphatic rings. The second-order valence-electron chi connectivity index (χ2n) is 6.12. The Hall–Kier alpha value is -3.19. The Bertz CT molecular complexity index is 939. The number of nitro benzene ring substituents is 1. The van der Waals surface area contributed by atoms with E-state index in [0.29, 0.717) is 0 Å². The summed E-state index contributed by atoms with van der Waals surface area (Å²) in [6.45, 7) is 1.79. The number of aryl methyl sites for hydroxylation is 1. The van der Waals surface area contributed by atoms with Crippen molar-refractivity contribution < 1.29 is 14.5 Å². The number of nitro groups is 1. The van der Waals surface area contributed by atoms with E-state index in [9.17, 15) is 14.9 Å². The molecule has 0 aliphatic carbocycles. The lowest BCUT2D eigenvalue weighted by molar-refractivity contribution is -0.385. The number of benzene rings is 2. The number of rotatable bonds is 8. The summed E-state index contributed by atoms with van der Waals surface area (Å²) >= 11 is 1.55. The number of amides is 1. The maximum Gasteiger partial charge on any atom is 0.310 e. The Morgan fingerprint density at radius 2 is 1.89 bits per heavy atom. The highest BCUT2D eigenvalue weighted by Gasteiger charge is 2.20. The normalized spacial score (nSPS) is 11.6. The number of thiophene rings is 1. The molecule has 2 aromatic carbocycles. The monoisotopic (exact) mass is 396 g/mol. The molecule has 0 spiro atoms. The first-order chi connectivity index (χ1) is 13.6. The van der Waals surface area contributed by atoms with E-state index >= 15 is 0 Å². The molecule has 0 bridgehead atoms. The maximum atomic E-state index is 12.5. The molecule has 0 unspecified atom stereocenters. The quantitative estimate of drug-likeness (QED) is 0.449. The zero-order valence-electron chi connectivity index (χ0n) is 15.3. The van der Waals surface area contributed by atoms with Crippen LogP contribution in [0.2, 0.25) is 0 Å². The van der Waals surface area contributed by atoms with E-state index in [2.05, 4.69) is 12.2 Å². The Balaban J connectivity index is 1.72. The molecule has 1 amide bonds. The van der Waals surface area contributed by atoms with Gasteiger partial charge >= 0.3 is 5.69 Å². The van der Waals surface area contributed by atoms with Crippen molar-refractivity contribution in [3.63, 3.8) is 0 Å². The van der Waals surface area contributed by atoms with Crippen LogP contribution in [0.3, 0.4) is 0 Å². The average molecular weight is 396 g/mol. The maximum absolute atomic E-state index is 12.5. The Morgan fingerprint density at radius 1 is 1.14 bits per heavy atom. The minimum atomic E-state index is -0.531. The minimum absolute atomic E-state index is 0.0719. The summed E-state index contributed by atoms with van der Waals surface area (Å²) in [5, 5.41) is 16.0. The lowest BCUT2D eigenvalue weighted by atomic mass is 10.0. The average Bonchev–Trinajstić information content (AvgIpc) is 3.25. The SMILES string of the molecule is CCc1ccc([C@@H](NC(=O)COc2ccccc2[N+](=O)[O-])c2cccs2)cc1. The van der Waals surface area contributed by atoms with Gasteiger partial charge in [-0.3, -0.25) is 14.9 Å². The predicted octanol–water partition coefficient (Wildman–Crippen LogP) is 4.50.